The molecule has 0 heterocycles. The summed E-state index contributed by atoms with van der Waals surface area (Å²) in [5.41, 5.74) is 0.161. The number of rotatable bonds is 4. The van der Waals surface area contributed by atoms with Crippen molar-refractivity contribution in [2.24, 2.45) is 5.41 Å². The Balaban J connectivity index is 2.71. The molecular weight excluding hydrogens is 258 g/mol. The van der Waals surface area contributed by atoms with Crippen LogP contribution in [0.4, 0.5) is 0 Å². The predicted octanol–water partition coefficient (Wildman–Crippen LogP) is 2.02. The van der Waals surface area contributed by atoms with Crippen LogP contribution >= 0.6 is 0 Å². The van der Waals surface area contributed by atoms with Crippen LogP contribution in [0.2, 0.25) is 0 Å². The van der Waals surface area contributed by atoms with Crippen LogP contribution in [0.5, 0.6) is 5.75 Å². The fourth-order valence-corrected chi connectivity index (χ4v) is 1.60. The number of carboxylic acids is 1. The number of phenols is 1. The van der Waals surface area contributed by atoms with Gasteiger partial charge < -0.3 is 15.5 Å². The lowest BCUT2D eigenvalue weighted by molar-refractivity contribution is -0.144. The first-order chi connectivity index (χ1) is 9.20. The van der Waals surface area contributed by atoms with Crippen molar-refractivity contribution in [3.8, 4) is 5.75 Å². The summed E-state index contributed by atoms with van der Waals surface area (Å²) >= 11 is 0. The summed E-state index contributed by atoms with van der Waals surface area (Å²) in [7, 11) is 0. The van der Waals surface area contributed by atoms with Crippen LogP contribution < -0.4 is 5.32 Å². The number of aliphatic carboxylic acids is 1. The zero-order valence-electron chi connectivity index (χ0n) is 11.8. The first-order valence-corrected chi connectivity index (χ1v) is 6.20. The third-order valence-electron chi connectivity index (χ3n) is 2.72. The number of carbonyl (C=O) groups excluding carboxylic acids is 1. The highest BCUT2D eigenvalue weighted by atomic mass is 16.4. The maximum Gasteiger partial charge on any atom is 0.326 e. The van der Waals surface area contributed by atoms with Crippen LogP contribution in [0.15, 0.2) is 30.3 Å². The summed E-state index contributed by atoms with van der Waals surface area (Å²) in [6.07, 6.45) is 2.82. The maximum atomic E-state index is 11.7. The van der Waals surface area contributed by atoms with Gasteiger partial charge in [-0.3, -0.25) is 4.79 Å². The van der Waals surface area contributed by atoms with Crippen molar-refractivity contribution in [2.75, 3.05) is 0 Å². The normalized spacial score (nSPS) is 13.2. The lowest BCUT2D eigenvalue weighted by Gasteiger charge is -2.27. The van der Waals surface area contributed by atoms with Crippen molar-refractivity contribution in [3.63, 3.8) is 0 Å². The van der Waals surface area contributed by atoms with Crippen molar-refractivity contribution in [1.29, 1.82) is 0 Å². The molecule has 0 saturated carbocycles. The van der Waals surface area contributed by atoms with Gasteiger partial charge in [0.1, 0.15) is 11.8 Å². The van der Waals surface area contributed by atoms with Crippen LogP contribution in [0, 0.1) is 5.41 Å². The molecule has 1 amide bonds. The van der Waals surface area contributed by atoms with E-state index in [1.54, 1.807) is 39.0 Å². The highest BCUT2D eigenvalue weighted by molar-refractivity contribution is 5.94. The van der Waals surface area contributed by atoms with E-state index in [-0.39, 0.29) is 5.75 Å². The third-order valence-corrected chi connectivity index (χ3v) is 2.72. The van der Waals surface area contributed by atoms with Gasteiger partial charge in [0, 0.05) is 6.08 Å². The van der Waals surface area contributed by atoms with Crippen LogP contribution in [0.3, 0.4) is 0 Å². The lowest BCUT2D eigenvalue weighted by atomic mass is 9.87. The molecule has 0 radical (unpaired) electrons. The summed E-state index contributed by atoms with van der Waals surface area (Å²) in [6.45, 7) is 5.24. The van der Waals surface area contributed by atoms with E-state index in [2.05, 4.69) is 5.32 Å². The molecule has 3 N–H and O–H groups in total. The van der Waals surface area contributed by atoms with Gasteiger partial charge in [-0.25, -0.2) is 4.79 Å². The topological polar surface area (TPSA) is 86.6 Å². The zero-order chi connectivity index (χ0) is 15.3. The Labute approximate surface area is 117 Å². The minimum Gasteiger partial charge on any atom is -0.508 e. The first-order valence-electron chi connectivity index (χ1n) is 6.20. The molecule has 0 fully saturated rings. The van der Waals surface area contributed by atoms with Gasteiger partial charge in [-0.1, -0.05) is 32.9 Å². The van der Waals surface area contributed by atoms with E-state index in [0.29, 0.717) is 0 Å². The molecule has 0 unspecified atom stereocenters. The summed E-state index contributed by atoms with van der Waals surface area (Å²) < 4.78 is 0. The van der Waals surface area contributed by atoms with Gasteiger partial charge in [-0.15, -0.1) is 0 Å². The second-order valence-electron chi connectivity index (χ2n) is 5.57. The molecule has 0 spiro atoms. The van der Waals surface area contributed by atoms with Gasteiger partial charge in [-0.05, 0) is 29.2 Å². The van der Waals surface area contributed by atoms with Gasteiger partial charge in [0.15, 0.2) is 0 Å². The number of nitrogens with one attached hydrogen (secondary N) is 1. The minimum absolute atomic E-state index is 0.144. The molecule has 0 aromatic heterocycles. The number of hydrogen-bond donors (Lipinski definition) is 3. The van der Waals surface area contributed by atoms with E-state index in [0.717, 1.165) is 5.56 Å². The molecule has 0 bridgehead atoms. The molecule has 1 atom stereocenters. The van der Waals surface area contributed by atoms with E-state index in [1.807, 2.05) is 0 Å². The number of hydrogen-bond acceptors (Lipinski definition) is 3. The maximum absolute atomic E-state index is 11.7. The number of phenolic OH excluding ortho intramolecular Hbond substituents is 1. The summed E-state index contributed by atoms with van der Waals surface area (Å²) in [6, 6.07) is 5.36. The summed E-state index contributed by atoms with van der Waals surface area (Å²) in [5.74, 6) is -1.39. The summed E-state index contributed by atoms with van der Waals surface area (Å²) in [4.78, 5) is 22.9. The Bertz CT molecular complexity index is 512. The lowest BCUT2D eigenvalue weighted by Crippen LogP contribution is -2.48. The average molecular weight is 277 g/mol. The Hall–Kier alpha value is -2.30. The average Bonchev–Trinajstić information content (AvgIpc) is 2.33. The van der Waals surface area contributed by atoms with E-state index >= 15 is 0 Å². The zero-order valence-corrected chi connectivity index (χ0v) is 11.8. The molecule has 1 rings (SSSR count). The van der Waals surface area contributed by atoms with Crippen LogP contribution in [-0.2, 0) is 9.59 Å². The molecule has 0 aliphatic carbocycles. The predicted molar refractivity (Wildman–Crippen MR) is 76.2 cm³/mol. The Morgan fingerprint density at radius 2 is 1.75 bits per heavy atom. The highest BCUT2D eigenvalue weighted by Crippen LogP contribution is 2.19. The molecule has 20 heavy (non-hydrogen) atoms. The number of carbonyl (C=O) groups is 2. The Morgan fingerprint density at radius 1 is 1.20 bits per heavy atom. The van der Waals surface area contributed by atoms with Crippen molar-refractivity contribution >= 4 is 18.0 Å². The van der Waals surface area contributed by atoms with Crippen molar-refractivity contribution in [2.45, 2.75) is 26.8 Å². The SMILES string of the molecule is CC(C)(C)[C@H](NC(=O)/C=C/c1ccc(O)cc1)C(=O)O. The number of carboxylic acid groups (broad SMARTS) is 1. The molecule has 0 aliphatic rings. The smallest absolute Gasteiger partial charge is 0.326 e. The van der Waals surface area contributed by atoms with Crippen molar-refractivity contribution < 1.29 is 19.8 Å². The molecule has 0 aliphatic heterocycles. The van der Waals surface area contributed by atoms with Crippen LogP contribution in [0.1, 0.15) is 26.3 Å². The van der Waals surface area contributed by atoms with Crippen molar-refractivity contribution in [3.05, 3.63) is 35.9 Å². The number of amides is 1. The fourth-order valence-electron chi connectivity index (χ4n) is 1.60. The first kappa shape index (κ1) is 15.8. The Kier molecular flexibility index (Phi) is 4.91. The van der Waals surface area contributed by atoms with E-state index in [4.69, 9.17) is 10.2 Å². The van der Waals surface area contributed by atoms with Crippen molar-refractivity contribution in [1.82, 2.24) is 5.32 Å². The van der Waals surface area contributed by atoms with Crippen LogP contribution in [0.25, 0.3) is 6.08 Å². The fraction of sp³-hybridized carbons (Fsp3) is 0.333. The highest BCUT2D eigenvalue weighted by Gasteiger charge is 2.31. The standard InChI is InChI=1S/C15H19NO4/c1-15(2,3)13(14(19)20)16-12(18)9-6-10-4-7-11(17)8-5-10/h4-9,13,17H,1-3H3,(H,16,18)(H,19,20)/b9-6+/t13-/m1/s1. The number of aromatic hydroxyl groups is 1. The minimum atomic E-state index is -1.07. The second kappa shape index (κ2) is 6.23. The third kappa shape index (κ3) is 4.76. The van der Waals surface area contributed by atoms with Gasteiger partial charge in [0.05, 0.1) is 0 Å². The second-order valence-corrected chi connectivity index (χ2v) is 5.57. The van der Waals surface area contributed by atoms with Gasteiger partial charge in [0.2, 0.25) is 5.91 Å². The molecule has 108 valence electrons. The Morgan fingerprint density at radius 3 is 2.20 bits per heavy atom. The molecule has 5 nitrogen and oxygen atoms in total. The van der Waals surface area contributed by atoms with E-state index < -0.39 is 23.3 Å². The summed E-state index contributed by atoms with van der Waals surface area (Å²) in [5, 5.41) is 20.7. The largest absolute Gasteiger partial charge is 0.508 e. The molecule has 5 heteroatoms. The van der Waals surface area contributed by atoms with E-state index in [1.165, 1.54) is 18.2 Å². The van der Waals surface area contributed by atoms with E-state index in [9.17, 15) is 9.59 Å². The van der Waals surface area contributed by atoms with Gasteiger partial charge in [-0.2, -0.15) is 0 Å². The molecular formula is C15H19NO4. The van der Waals surface area contributed by atoms with Crippen LogP contribution in [-0.4, -0.2) is 28.1 Å². The van der Waals surface area contributed by atoms with Gasteiger partial charge >= 0.3 is 5.97 Å². The quantitative estimate of drug-likeness (QED) is 0.735. The molecule has 1 aromatic carbocycles. The molecule has 0 saturated heterocycles. The monoisotopic (exact) mass is 277 g/mol. The van der Waals surface area contributed by atoms with Gasteiger partial charge in [0.25, 0.3) is 0 Å². The number of benzene rings is 1. The molecule has 1 aromatic rings.